The molecule has 1 atom stereocenters. The fourth-order valence-electron chi connectivity index (χ4n) is 2.60. The molecule has 27 heavy (non-hydrogen) atoms. The van der Waals surface area contributed by atoms with Crippen molar-refractivity contribution in [1.29, 1.82) is 0 Å². The van der Waals surface area contributed by atoms with E-state index in [1.165, 1.54) is 6.08 Å². The summed E-state index contributed by atoms with van der Waals surface area (Å²) in [7, 11) is 1.59. The maximum absolute atomic E-state index is 12.3. The first-order valence-electron chi connectivity index (χ1n) is 8.63. The van der Waals surface area contributed by atoms with Crippen LogP contribution >= 0.6 is 0 Å². The Bertz CT molecular complexity index is 762. The Hall–Kier alpha value is -3.28. The second-order valence-corrected chi connectivity index (χ2v) is 5.78. The van der Waals surface area contributed by atoms with Crippen LogP contribution in [0.2, 0.25) is 0 Å². The molecule has 0 bridgehead atoms. The van der Waals surface area contributed by atoms with Gasteiger partial charge >= 0.3 is 6.09 Å². The van der Waals surface area contributed by atoms with Crippen molar-refractivity contribution in [1.82, 2.24) is 10.6 Å². The molecule has 142 valence electrons. The van der Waals surface area contributed by atoms with E-state index < -0.39 is 6.09 Å². The molecule has 0 aliphatic rings. The van der Waals surface area contributed by atoms with E-state index in [1.54, 1.807) is 19.2 Å². The van der Waals surface area contributed by atoms with Crippen molar-refractivity contribution in [3.63, 3.8) is 0 Å². The van der Waals surface area contributed by atoms with Gasteiger partial charge in [0.15, 0.2) is 0 Å². The molecule has 6 nitrogen and oxygen atoms in total. The van der Waals surface area contributed by atoms with Crippen LogP contribution in [0.15, 0.2) is 67.3 Å². The van der Waals surface area contributed by atoms with Crippen LogP contribution < -0.4 is 15.4 Å². The van der Waals surface area contributed by atoms with Crippen molar-refractivity contribution in [2.24, 2.45) is 0 Å². The van der Waals surface area contributed by atoms with Gasteiger partial charge in [-0.1, -0.05) is 49.1 Å². The van der Waals surface area contributed by atoms with Crippen molar-refractivity contribution >= 4 is 12.0 Å². The molecule has 0 radical (unpaired) electrons. The Labute approximate surface area is 159 Å². The van der Waals surface area contributed by atoms with Crippen molar-refractivity contribution < 1.29 is 19.1 Å². The summed E-state index contributed by atoms with van der Waals surface area (Å²) in [5.41, 5.74) is 1.46. The molecule has 0 aliphatic carbocycles. The lowest BCUT2D eigenvalue weighted by molar-refractivity contribution is 0.0951. The minimum Gasteiger partial charge on any atom is -0.496 e. The highest BCUT2D eigenvalue weighted by Crippen LogP contribution is 2.25. The summed E-state index contributed by atoms with van der Waals surface area (Å²) in [5, 5.41) is 5.63. The number of nitrogens with one attached hydrogen (secondary N) is 2. The number of ether oxygens (including phenoxy) is 2. The number of hydrogen-bond donors (Lipinski definition) is 2. The third-order valence-electron chi connectivity index (χ3n) is 3.95. The number of carbonyl (C=O) groups excluding carboxylic acids is 2. The zero-order valence-electron chi connectivity index (χ0n) is 15.3. The number of para-hydroxylation sites is 1. The average molecular weight is 368 g/mol. The average Bonchev–Trinajstić information content (AvgIpc) is 2.72. The zero-order valence-corrected chi connectivity index (χ0v) is 15.3. The van der Waals surface area contributed by atoms with Crippen molar-refractivity contribution in [2.75, 3.05) is 26.8 Å². The van der Waals surface area contributed by atoms with E-state index in [0.29, 0.717) is 17.9 Å². The summed E-state index contributed by atoms with van der Waals surface area (Å²) in [4.78, 5) is 24.1. The molecule has 2 rings (SSSR count). The van der Waals surface area contributed by atoms with Crippen molar-refractivity contribution in [2.45, 2.75) is 5.92 Å². The topological polar surface area (TPSA) is 76.7 Å². The van der Waals surface area contributed by atoms with Crippen LogP contribution in [0.25, 0.3) is 0 Å². The predicted octanol–water partition coefficient (Wildman–Crippen LogP) is 3.12. The van der Waals surface area contributed by atoms with Crippen LogP contribution in [0.4, 0.5) is 4.79 Å². The van der Waals surface area contributed by atoms with Gasteiger partial charge in [0.1, 0.15) is 12.4 Å². The molecule has 2 N–H and O–H groups in total. The fourth-order valence-corrected chi connectivity index (χ4v) is 2.60. The van der Waals surface area contributed by atoms with Gasteiger partial charge in [-0.2, -0.15) is 0 Å². The summed E-state index contributed by atoms with van der Waals surface area (Å²) >= 11 is 0. The van der Waals surface area contributed by atoms with Crippen LogP contribution in [-0.4, -0.2) is 38.8 Å². The monoisotopic (exact) mass is 368 g/mol. The third kappa shape index (κ3) is 6.18. The van der Waals surface area contributed by atoms with Gasteiger partial charge in [-0.15, -0.1) is 0 Å². The Morgan fingerprint density at radius 2 is 1.70 bits per heavy atom. The Morgan fingerprint density at radius 1 is 1.04 bits per heavy atom. The maximum Gasteiger partial charge on any atom is 0.407 e. The van der Waals surface area contributed by atoms with E-state index in [4.69, 9.17) is 9.47 Å². The summed E-state index contributed by atoms with van der Waals surface area (Å²) in [6.45, 7) is 4.25. The molecule has 0 heterocycles. The zero-order chi connectivity index (χ0) is 19.5. The molecule has 2 aromatic carbocycles. The molecule has 0 fully saturated rings. The highest BCUT2D eigenvalue weighted by atomic mass is 16.5. The second-order valence-electron chi connectivity index (χ2n) is 5.78. The first-order valence-corrected chi connectivity index (χ1v) is 8.63. The Kier molecular flexibility index (Phi) is 7.91. The van der Waals surface area contributed by atoms with E-state index in [2.05, 4.69) is 17.2 Å². The molecule has 0 spiro atoms. The van der Waals surface area contributed by atoms with E-state index >= 15 is 0 Å². The molecule has 2 amide bonds. The summed E-state index contributed by atoms with van der Waals surface area (Å²) in [6, 6.07) is 16.5. The quantitative estimate of drug-likeness (QED) is 0.667. The first kappa shape index (κ1) is 20.0. The van der Waals surface area contributed by atoms with Crippen LogP contribution in [0.3, 0.4) is 0 Å². The molecule has 0 aliphatic heterocycles. The Morgan fingerprint density at radius 3 is 2.41 bits per heavy atom. The molecule has 0 saturated carbocycles. The molecule has 2 aromatic rings. The Balaban J connectivity index is 2.08. The fraction of sp³-hybridized carbons (Fsp3) is 0.238. The smallest absolute Gasteiger partial charge is 0.407 e. The lowest BCUT2D eigenvalue weighted by atomic mass is 9.97. The molecular formula is C21H24N2O4. The van der Waals surface area contributed by atoms with Gasteiger partial charge in [-0.05, 0) is 18.2 Å². The van der Waals surface area contributed by atoms with Gasteiger partial charge in [-0.3, -0.25) is 4.79 Å². The van der Waals surface area contributed by atoms with E-state index in [9.17, 15) is 9.59 Å². The number of alkyl carbamates (subject to hydrolysis) is 1. The normalized spacial score (nSPS) is 11.1. The van der Waals surface area contributed by atoms with E-state index in [1.807, 2.05) is 42.5 Å². The van der Waals surface area contributed by atoms with Gasteiger partial charge in [0.2, 0.25) is 0 Å². The second kappa shape index (κ2) is 10.7. The number of methoxy groups -OCH3 is 1. The maximum atomic E-state index is 12.3. The minimum atomic E-state index is -0.538. The summed E-state index contributed by atoms with van der Waals surface area (Å²) in [5.74, 6) is 0.326. The number of carbonyl (C=O) groups is 2. The molecule has 0 saturated heterocycles. The molecule has 6 heteroatoms. The lowest BCUT2D eigenvalue weighted by Gasteiger charge is -2.21. The van der Waals surface area contributed by atoms with E-state index in [-0.39, 0.29) is 25.0 Å². The highest BCUT2D eigenvalue weighted by molar-refractivity contribution is 5.94. The number of rotatable bonds is 9. The van der Waals surface area contributed by atoms with E-state index in [0.717, 1.165) is 5.56 Å². The molecule has 1 unspecified atom stereocenters. The highest BCUT2D eigenvalue weighted by Gasteiger charge is 2.18. The van der Waals surface area contributed by atoms with Gasteiger partial charge < -0.3 is 20.1 Å². The summed E-state index contributed by atoms with van der Waals surface area (Å²) in [6.07, 6.45) is 0.960. The molecule has 0 aromatic heterocycles. The molecular weight excluding hydrogens is 344 g/mol. The standard InChI is InChI=1S/C21H24N2O4/c1-3-13-27-21(25)23-15-17(18-11-7-8-12-19(18)26-2)14-22-20(24)16-9-5-4-6-10-16/h3-12,17H,1,13-15H2,2H3,(H,22,24)(H,23,25). The number of hydrogen-bond acceptors (Lipinski definition) is 4. The van der Waals surface area contributed by atoms with Crippen LogP contribution in [0.5, 0.6) is 5.75 Å². The SMILES string of the molecule is C=CCOC(=O)NCC(CNC(=O)c1ccccc1)c1ccccc1OC. The van der Waals surface area contributed by atoms with Crippen LogP contribution in [-0.2, 0) is 4.74 Å². The minimum absolute atomic E-state index is 0.135. The van der Waals surface area contributed by atoms with Gasteiger partial charge in [0.05, 0.1) is 7.11 Å². The van der Waals surface area contributed by atoms with Crippen LogP contribution in [0.1, 0.15) is 21.8 Å². The largest absolute Gasteiger partial charge is 0.496 e. The van der Waals surface area contributed by atoms with Gasteiger partial charge in [0, 0.05) is 30.1 Å². The van der Waals surface area contributed by atoms with Crippen LogP contribution in [0, 0.1) is 0 Å². The first-order chi connectivity index (χ1) is 13.2. The van der Waals surface area contributed by atoms with Crippen molar-refractivity contribution in [3.05, 3.63) is 78.4 Å². The lowest BCUT2D eigenvalue weighted by Crippen LogP contribution is -2.36. The van der Waals surface area contributed by atoms with Gasteiger partial charge in [0.25, 0.3) is 5.91 Å². The predicted molar refractivity (Wildman–Crippen MR) is 104 cm³/mol. The summed E-state index contributed by atoms with van der Waals surface area (Å²) < 4.78 is 10.4. The van der Waals surface area contributed by atoms with Gasteiger partial charge in [-0.25, -0.2) is 4.79 Å². The number of benzene rings is 2. The van der Waals surface area contributed by atoms with Crippen molar-refractivity contribution in [3.8, 4) is 5.75 Å². The third-order valence-corrected chi connectivity index (χ3v) is 3.95. The number of amides is 2.